The van der Waals surface area contributed by atoms with Crippen LogP contribution in [0, 0.1) is 0 Å². The van der Waals surface area contributed by atoms with Gasteiger partial charge in [0.2, 0.25) is 0 Å². The molecule has 5 rings (SSSR count). The molecule has 32 heavy (non-hydrogen) atoms. The average Bonchev–Trinajstić information content (AvgIpc) is 2.88. The number of anilines is 1. The van der Waals surface area contributed by atoms with Gasteiger partial charge in [0, 0.05) is 12.4 Å². The highest BCUT2D eigenvalue weighted by Gasteiger charge is 2.45. The third kappa shape index (κ3) is 3.79. The van der Waals surface area contributed by atoms with Gasteiger partial charge in [0.1, 0.15) is 29.0 Å². The third-order valence-corrected chi connectivity index (χ3v) is 10.4. The van der Waals surface area contributed by atoms with Gasteiger partial charge >= 0.3 is 0 Å². The minimum absolute atomic E-state index is 0.893. The summed E-state index contributed by atoms with van der Waals surface area (Å²) in [6.45, 7) is 0. The lowest BCUT2D eigenvalue weighted by Crippen LogP contribution is -2.32. The van der Waals surface area contributed by atoms with E-state index >= 15 is 0 Å². The molecule has 2 nitrogen and oxygen atoms in total. The van der Waals surface area contributed by atoms with E-state index in [9.17, 15) is 0 Å². The first-order valence-corrected chi connectivity index (χ1v) is 12.9. The predicted molar refractivity (Wildman–Crippen MR) is 140 cm³/mol. The van der Waals surface area contributed by atoms with Gasteiger partial charge in [-0.2, -0.15) is 0 Å². The Hall–Kier alpha value is -3.48. The monoisotopic (exact) mass is 433 g/mol. The van der Waals surface area contributed by atoms with Crippen molar-refractivity contribution in [1.82, 2.24) is 4.98 Å². The van der Waals surface area contributed by atoms with Gasteiger partial charge in [-0.1, -0.05) is 66.7 Å². The quantitative estimate of drug-likeness (QED) is 0.344. The standard InChI is InChI=1S/C29H26N2P/c1-30-29-20-19-24-18-17-23(21-28(24)31-29)22-32(25-11-5-2-6-12-25,26-13-7-3-8-14-26)27-15-9-4-10-16-27/h2-21H,22H2,1H3,(H,30,31)/q+1. The van der Waals surface area contributed by atoms with Crippen molar-refractivity contribution in [3.63, 3.8) is 0 Å². The highest BCUT2D eigenvalue weighted by molar-refractivity contribution is 7.95. The van der Waals surface area contributed by atoms with Gasteiger partial charge in [-0.15, -0.1) is 0 Å². The summed E-state index contributed by atoms with van der Waals surface area (Å²) in [7, 11) is -0.00386. The summed E-state index contributed by atoms with van der Waals surface area (Å²) < 4.78 is 0. The molecule has 5 aromatic rings. The lowest BCUT2D eigenvalue weighted by molar-refractivity contribution is 1.32. The molecule has 3 heteroatoms. The second-order valence-corrected chi connectivity index (χ2v) is 11.4. The zero-order chi connectivity index (χ0) is 21.8. The molecule has 156 valence electrons. The molecular formula is C29H26N2P+. The van der Waals surface area contributed by atoms with Crippen molar-refractivity contribution < 1.29 is 0 Å². The molecule has 0 fully saturated rings. The molecule has 0 unspecified atom stereocenters. The van der Waals surface area contributed by atoms with Crippen molar-refractivity contribution >= 4 is 39.9 Å². The summed E-state index contributed by atoms with van der Waals surface area (Å²) in [5.74, 6) is 0.893. The number of pyridine rings is 1. The van der Waals surface area contributed by atoms with Crippen molar-refractivity contribution in [3.8, 4) is 0 Å². The number of aromatic nitrogens is 1. The SMILES string of the molecule is CNc1ccc2ccc(C[P+](c3ccccc3)(c3ccccc3)c3ccccc3)cc2n1. The molecule has 1 heterocycles. The molecule has 0 saturated carbocycles. The summed E-state index contributed by atoms with van der Waals surface area (Å²) in [6, 6.07) is 44.0. The highest BCUT2D eigenvalue weighted by Crippen LogP contribution is 2.58. The molecule has 4 aromatic carbocycles. The van der Waals surface area contributed by atoms with Crippen LogP contribution in [0.3, 0.4) is 0 Å². The summed E-state index contributed by atoms with van der Waals surface area (Å²) >= 11 is 0. The zero-order valence-electron chi connectivity index (χ0n) is 18.1. The molecule has 0 bridgehead atoms. The van der Waals surface area contributed by atoms with E-state index in [2.05, 4.69) is 121 Å². The van der Waals surface area contributed by atoms with Crippen molar-refractivity contribution in [2.24, 2.45) is 0 Å². The second kappa shape index (κ2) is 8.94. The topological polar surface area (TPSA) is 24.9 Å². The Morgan fingerprint density at radius 2 is 1.12 bits per heavy atom. The fourth-order valence-electron chi connectivity index (χ4n) is 4.44. The molecule has 0 aliphatic heterocycles. The van der Waals surface area contributed by atoms with Gasteiger partial charge in [0.25, 0.3) is 0 Å². The van der Waals surface area contributed by atoms with Gasteiger partial charge in [0.15, 0.2) is 0 Å². The van der Waals surface area contributed by atoms with E-state index < -0.39 is 7.26 Å². The molecular weight excluding hydrogens is 407 g/mol. The molecule has 0 saturated heterocycles. The molecule has 0 amide bonds. The largest absolute Gasteiger partial charge is 0.373 e. The van der Waals surface area contributed by atoms with Crippen LogP contribution in [-0.2, 0) is 6.16 Å². The van der Waals surface area contributed by atoms with Crippen LogP contribution in [0.1, 0.15) is 5.56 Å². The Kier molecular flexibility index (Phi) is 5.71. The van der Waals surface area contributed by atoms with E-state index in [1.807, 2.05) is 13.1 Å². The van der Waals surface area contributed by atoms with Gasteiger partial charge in [-0.05, 0) is 60.2 Å². The van der Waals surface area contributed by atoms with Crippen molar-refractivity contribution in [1.29, 1.82) is 0 Å². The minimum atomic E-state index is -1.92. The molecule has 1 N–H and O–H groups in total. The molecule has 0 atom stereocenters. The molecule has 1 aromatic heterocycles. The lowest BCUT2D eigenvalue weighted by atomic mass is 10.1. The maximum absolute atomic E-state index is 4.80. The number of nitrogens with zero attached hydrogens (tertiary/aromatic N) is 1. The van der Waals surface area contributed by atoms with Crippen molar-refractivity contribution in [3.05, 3.63) is 127 Å². The first-order chi connectivity index (χ1) is 15.8. The highest BCUT2D eigenvalue weighted by atomic mass is 31.2. The molecule has 0 radical (unpaired) electrons. The van der Waals surface area contributed by atoms with E-state index in [1.54, 1.807) is 0 Å². The molecule has 0 spiro atoms. The van der Waals surface area contributed by atoms with Crippen LogP contribution in [0.25, 0.3) is 10.9 Å². The van der Waals surface area contributed by atoms with E-state index in [0.29, 0.717) is 0 Å². The molecule has 0 aliphatic carbocycles. The van der Waals surface area contributed by atoms with Crippen LogP contribution in [0.15, 0.2) is 121 Å². The average molecular weight is 434 g/mol. The third-order valence-electron chi connectivity index (χ3n) is 6.02. The smallest absolute Gasteiger partial charge is 0.126 e. The van der Waals surface area contributed by atoms with E-state index in [-0.39, 0.29) is 0 Å². The van der Waals surface area contributed by atoms with Gasteiger partial charge in [-0.25, -0.2) is 4.98 Å². The number of nitrogens with one attached hydrogen (secondary N) is 1. The number of rotatable bonds is 6. The predicted octanol–water partition coefficient (Wildman–Crippen LogP) is 5.77. The summed E-state index contributed by atoms with van der Waals surface area (Å²) in [5.41, 5.74) is 2.34. The summed E-state index contributed by atoms with van der Waals surface area (Å²) in [4.78, 5) is 4.80. The second-order valence-electron chi connectivity index (χ2n) is 7.95. The summed E-state index contributed by atoms with van der Waals surface area (Å²) in [6.07, 6.45) is 0.951. The Morgan fingerprint density at radius 1 is 0.625 bits per heavy atom. The van der Waals surface area contributed by atoms with Gasteiger partial charge < -0.3 is 5.32 Å². The van der Waals surface area contributed by atoms with Gasteiger partial charge in [0.05, 0.1) is 11.7 Å². The first-order valence-electron chi connectivity index (χ1n) is 10.9. The Labute approximate surface area is 190 Å². The fourth-order valence-corrected chi connectivity index (χ4v) is 8.67. The lowest BCUT2D eigenvalue weighted by Gasteiger charge is -2.28. The number of fused-ring (bicyclic) bond motifs is 1. The zero-order valence-corrected chi connectivity index (χ0v) is 19.0. The minimum Gasteiger partial charge on any atom is -0.373 e. The number of hydrogen-bond acceptors (Lipinski definition) is 2. The van der Waals surface area contributed by atoms with Crippen LogP contribution in [0.4, 0.5) is 5.82 Å². The van der Waals surface area contributed by atoms with Crippen LogP contribution < -0.4 is 21.2 Å². The fraction of sp³-hybridized carbons (Fsp3) is 0.0690. The first kappa shape index (κ1) is 20.4. The number of hydrogen-bond donors (Lipinski definition) is 1. The normalized spacial score (nSPS) is 11.4. The van der Waals surface area contributed by atoms with Crippen molar-refractivity contribution in [2.45, 2.75) is 6.16 Å². The maximum Gasteiger partial charge on any atom is 0.126 e. The van der Waals surface area contributed by atoms with Crippen LogP contribution in [-0.4, -0.2) is 12.0 Å². The van der Waals surface area contributed by atoms with E-state index in [4.69, 9.17) is 4.98 Å². The van der Waals surface area contributed by atoms with Crippen molar-refractivity contribution in [2.75, 3.05) is 12.4 Å². The molecule has 0 aliphatic rings. The van der Waals surface area contributed by atoms with Gasteiger partial charge in [-0.3, -0.25) is 0 Å². The van der Waals surface area contributed by atoms with Crippen LogP contribution in [0.5, 0.6) is 0 Å². The number of benzene rings is 4. The Balaban J connectivity index is 1.74. The van der Waals surface area contributed by atoms with Crippen LogP contribution >= 0.6 is 7.26 Å². The summed E-state index contributed by atoms with van der Waals surface area (Å²) in [5, 5.41) is 8.52. The Bertz CT molecular complexity index is 1220. The van der Waals surface area contributed by atoms with E-state index in [1.165, 1.54) is 21.5 Å². The Morgan fingerprint density at radius 3 is 1.62 bits per heavy atom. The van der Waals surface area contributed by atoms with E-state index in [0.717, 1.165) is 22.9 Å². The maximum atomic E-state index is 4.80. The van der Waals surface area contributed by atoms with Crippen LogP contribution in [0.2, 0.25) is 0 Å².